The largest absolute Gasteiger partial charge is 0.508 e. The molecular formula is C26H25NO6. The Morgan fingerprint density at radius 2 is 1.45 bits per heavy atom. The number of methoxy groups -OCH3 is 3. The van der Waals surface area contributed by atoms with Crippen LogP contribution in [0.15, 0.2) is 60.7 Å². The molecule has 0 aliphatic carbocycles. The van der Waals surface area contributed by atoms with Crippen molar-refractivity contribution < 1.29 is 29.2 Å². The predicted octanol–water partition coefficient (Wildman–Crippen LogP) is 4.95. The van der Waals surface area contributed by atoms with Crippen LogP contribution in [0, 0.1) is 0 Å². The molecule has 7 nitrogen and oxygen atoms in total. The fourth-order valence-corrected chi connectivity index (χ4v) is 3.12. The van der Waals surface area contributed by atoms with Crippen molar-refractivity contribution in [3.05, 3.63) is 77.4 Å². The van der Waals surface area contributed by atoms with E-state index in [9.17, 15) is 15.0 Å². The third-order valence-corrected chi connectivity index (χ3v) is 4.73. The van der Waals surface area contributed by atoms with Crippen LogP contribution in [0.3, 0.4) is 0 Å². The Kier molecular flexibility index (Phi) is 7.60. The van der Waals surface area contributed by atoms with Crippen LogP contribution < -0.4 is 19.5 Å². The summed E-state index contributed by atoms with van der Waals surface area (Å²) in [7, 11) is 4.64. The molecule has 1 amide bonds. The van der Waals surface area contributed by atoms with Crippen molar-refractivity contribution in [3.63, 3.8) is 0 Å². The standard InChI is InChI=1S/C26H25NO6/c1-31-23-15-19(16-24(32-2)26(23)33-3)8-7-18-9-11-22(29)21(14-18)27-25(30)12-10-17-5-4-6-20(28)13-17/h4-16,28-29H,1-3H3,(H,27,30)/b8-7?,12-10+. The Hall–Kier alpha value is -4.39. The summed E-state index contributed by atoms with van der Waals surface area (Å²) in [6.45, 7) is 0. The van der Waals surface area contributed by atoms with Gasteiger partial charge in [-0.2, -0.15) is 0 Å². The quantitative estimate of drug-likeness (QED) is 0.257. The van der Waals surface area contributed by atoms with Crippen LogP contribution in [0.25, 0.3) is 18.2 Å². The van der Waals surface area contributed by atoms with Gasteiger partial charge in [0.05, 0.1) is 27.0 Å². The number of ether oxygens (including phenoxy) is 3. The van der Waals surface area contributed by atoms with Crippen LogP contribution in [-0.2, 0) is 4.79 Å². The van der Waals surface area contributed by atoms with Crippen molar-refractivity contribution >= 4 is 29.8 Å². The maximum Gasteiger partial charge on any atom is 0.248 e. The van der Waals surface area contributed by atoms with Crippen molar-refractivity contribution in [1.82, 2.24) is 0 Å². The van der Waals surface area contributed by atoms with Crippen molar-refractivity contribution in [2.75, 3.05) is 26.6 Å². The van der Waals surface area contributed by atoms with E-state index in [2.05, 4.69) is 5.32 Å². The molecule has 170 valence electrons. The molecule has 0 aliphatic heterocycles. The Balaban J connectivity index is 1.77. The molecule has 0 saturated carbocycles. The van der Waals surface area contributed by atoms with E-state index < -0.39 is 5.91 Å². The van der Waals surface area contributed by atoms with Gasteiger partial charge in [0.1, 0.15) is 11.5 Å². The van der Waals surface area contributed by atoms with E-state index >= 15 is 0 Å². The third-order valence-electron chi connectivity index (χ3n) is 4.73. The normalized spacial score (nSPS) is 11.0. The fraction of sp³-hybridized carbons (Fsp3) is 0.115. The second-order valence-corrected chi connectivity index (χ2v) is 6.99. The number of phenols is 2. The average molecular weight is 447 g/mol. The predicted molar refractivity (Wildman–Crippen MR) is 129 cm³/mol. The number of nitrogens with one attached hydrogen (secondary N) is 1. The van der Waals surface area contributed by atoms with Gasteiger partial charge in [-0.3, -0.25) is 4.79 Å². The average Bonchev–Trinajstić information content (AvgIpc) is 2.82. The molecular weight excluding hydrogens is 422 g/mol. The molecule has 3 rings (SSSR count). The summed E-state index contributed by atoms with van der Waals surface area (Å²) >= 11 is 0. The van der Waals surface area contributed by atoms with Gasteiger partial charge in [0.2, 0.25) is 11.7 Å². The van der Waals surface area contributed by atoms with Crippen LogP contribution in [0.4, 0.5) is 5.69 Å². The summed E-state index contributed by atoms with van der Waals surface area (Å²) in [6, 6.07) is 15.0. The Morgan fingerprint density at radius 1 is 0.788 bits per heavy atom. The van der Waals surface area contributed by atoms with E-state index in [1.807, 2.05) is 24.3 Å². The van der Waals surface area contributed by atoms with Crippen LogP contribution in [0.2, 0.25) is 0 Å². The van der Waals surface area contributed by atoms with Gasteiger partial charge in [-0.25, -0.2) is 0 Å². The molecule has 0 aromatic heterocycles. The molecule has 0 fully saturated rings. The lowest BCUT2D eigenvalue weighted by Crippen LogP contribution is -2.08. The van der Waals surface area contributed by atoms with E-state index in [1.165, 1.54) is 18.2 Å². The number of phenolic OH excluding ortho intramolecular Hbond substituents is 2. The van der Waals surface area contributed by atoms with Crippen molar-refractivity contribution in [2.24, 2.45) is 0 Å². The van der Waals surface area contributed by atoms with Crippen molar-refractivity contribution in [3.8, 4) is 28.7 Å². The molecule has 0 atom stereocenters. The highest BCUT2D eigenvalue weighted by Gasteiger charge is 2.12. The highest BCUT2D eigenvalue weighted by Crippen LogP contribution is 2.38. The summed E-state index contributed by atoms with van der Waals surface area (Å²) in [5.41, 5.74) is 2.52. The van der Waals surface area contributed by atoms with Gasteiger partial charge in [0, 0.05) is 6.08 Å². The van der Waals surface area contributed by atoms with E-state index in [4.69, 9.17) is 14.2 Å². The number of benzene rings is 3. The van der Waals surface area contributed by atoms with Crippen LogP contribution >= 0.6 is 0 Å². The first-order chi connectivity index (χ1) is 15.9. The molecule has 7 heteroatoms. The number of hydrogen-bond donors (Lipinski definition) is 3. The molecule has 0 unspecified atom stereocenters. The highest BCUT2D eigenvalue weighted by molar-refractivity contribution is 6.03. The fourth-order valence-electron chi connectivity index (χ4n) is 3.12. The molecule has 3 aromatic rings. The zero-order chi connectivity index (χ0) is 23.8. The number of anilines is 1. The molecule has 0 heterocycles. The van der Waals surface area contributed by atoms with Gasteiger partial charge in [-0.15, -0.1) is 0 Å². The SMILES string of the molecule is COc1cc(C=Cc2ccc(O)c(NC(=O)/C=C/c3cccc(O)c3)c2)cc(OC)c1OC. The molecule has 3 N–H and O–H groups in total. The first kappa shape index (κ1) is 23.3. The maximum atomic E-state index is 12.3. The Bertz CT molecular complexity index is 1170. The Labute approximate surface area is 192 Å². The molecule has 3 aromatic carbocycles. The lowest BCUT2D eigenvalue weighted by Gasteiger charge is -2.12. The Morgan fingerprint density at radius 3 is 2.09 bits per heavy atom. The number of rotatable bonds is 8. The van der Waals surface area contributed by atoms with Gasteiger partial charge < -0.3 is 29.7 Å². The topological polar surface area (TPSA) is 97.3 Å². The zero-order valence-corrected chi connectivity index (χ0v) is 18.5. The lowest BCUT2D eigenvalue weighted by atomic mass is 10.1. The smallest absolute Gasteiger partial charge is 0.248 e. The lowest BCUT2D eigenvalue weighted by molar-refractivity contribution is -0.111. The third kappa shape index (κ3) is 6.07. The van der Waals surface area contributed by atoms with Gasteiger partial charge in [-0.05, 0) is 59.2 Å². The molecule has 0 bridgehead atoms. The molecule has 0 radical (unpaired) electrons. The minimum atomic E-state index is -0.417. The first-order valence-corrected chi connectivity index (χ1v) is 10.0. The second-order valence-electron chi connectivity index (χ2n) is 6.99. The molecule has 0 saturated heterocycles. The number of amides is 1. The molecule has 0 aliphatic rings. The van der Waals surface area contributed by atoms with E-state index in [0.717, 1.165) is 11.1 Å². The second kappa shape index (κ2) is 10.8. The summed E-state index contributed by atoms with van der Waals surface area (Å²) < 4.78 is 16.1. The van der Waals surface area contributed by atoms with Crippen LogP contribution in [0.5, 0.6) is 28.7 Å². The first-order valence-electron chi connectivity index (χ1n) is 10.0. The van der Waals surface area contributed by atoms with Crippen LogP contribution in [-0.4, -0.2) is 37.4 Å². The molecule has 33 heavy (non-hydrogen) atoms. The number of carbonyl (C=O) groups excluding carboxylic acids is 1. The van der Waals surface area contributed by atoms with Crippen LogP contribution in [0.1, 0.15) is 16.7 Å². The van der Waals surface area contributed by atoms with Gasteiger partial charge in [-0.1, -0.05) is 30.4 Å². The van der Waals surface area contributed by atoms with E-state index in [-0.39, 0.29) is 17.2 Å². The molecule has 0 spiro atoms. The highest BCUT2D eigenvalue weighted by atomic mass is 16.5. The zero-order valence-electron chi connectivity index (χ0n) is 18.5. The van der Waals surface area contributed by atoms with Gasteiger partial charge >= 0.3 is 0 Å². The number of aromatic hydroxyl groups is 2. The van der Waals surface area contributed by atoms with Crippen molar-refractivity contribution in [1.29, 1.82) is 0 Å². The summed E-state index contributed by atoms with van der Waals surface area (Å²) in [6.07, 6.45) is 6.58. The maximum absolute atomic E-state index is 12.3. The monoisotopic (exact) mass is 447 g/mol. The van der Waals surface area contributed by atoms with Gasteiger partial charge in [0.15, 0.2) is 11.5 Å². The van der Waals surface area contributed by atoms with E-state index in [0.29, 0.717) is 22.8 Å². The van der Waals surface area contributed by atoms with Gasteiger partial charge in [0.25, 0.3) is 0 Å². The number of hydrogen-bond acceptors (Lipinski definition) is 6. The number of carbonyl (C=O) groups is 1. The van der Waals surface area contributed by atoms with E-state index in [1.54, 1.807) is 57.7 Å². The van der Waals surface area contributed by atoms with Crippen molar-refractivity contribution in [2.45, 2.75) is 0 Å². The minimum absolute atomic E-state index is 0.0564. The summed E-state index contributed by atoms with van der Waals surface area (Å²) in [4.78, 5) is 12.3. The summed E-state index contributed by atoms with van der Waals surface area (Å²) in [5.74, 6) is 1.22. The summed E-state index contributed by atoms with van der Waals surface area (Å²) in [5, 5.41) is 22.3. The minimum Gasteiger partial charge on any atom is -0.508 e.